The average Bonchev–Trinajstić information content (AvgIpc) is 3.32. The van der Waals surface area contributed by atoms with E-state index in [4.69, 9.17) is 14.6 Å². The van der Waals surface area contributed by atoms with Crippen LogP contribution in [0.15, 0.2) is 17.5 Å². The van der Waals surface area contributed by atoms with Crippen LogP contribution < -0.4 is 5.32 Å². The largest absolute Gasteiger partial charge is 0.388 e. The Morgan fingerprint density at radius 1 is 1.25 bits per heavy atom. The summed E-state index contributed by atoms with van der Waals surface area (Å²) in [4.78, 5) is 10.6. The number of oxime groups is 1. The Morgan fingerprint density at radius 2 is 2.07 bits per heavy atom. The molecule has 150 valence electrons. The van der Waals surface area contributed by atoms with Gasteiger partial charge in [-0.1, -0.05) is 24.4 Å². The van der Waals surface area contributed by atoms with Gasteiger partial charge in [0, 0.05) is 50.7 Å². The fraction of sp³-hybridized carbons (Fsp3) is 0.667. The predicted octanol–water partition coefficient (Wildman–Crippen LogP) is 3.87. The van der Waals surface area contributed by atoms with Gasteiger partial charge in [-0.05, 0) is 19.8 Å². The monoisotopic (exact) mass is 383 g/mol. The van der Waals surface area contributed by atoms with Gasteiger partial charge in [0.25, 0.3) is 0 Å². The van der Waals surface area contributed by atoms with Gasteiger partial charge >= 0.3 is 0 Å². The molecule has 28 heavy (non-hydrogen) atoms. The summed E-state index contributed by atoms with van der Waals surface area (Å²) in [5, 5.41) is 13.9. The van der Waals surface area contributed by atoms with E-state index in [-0.39, 0.29) is 11.7 Å². The third kappa shape index (κ3) is 2.96. The second-order valence-corrected chi connectivity index (χ2v) is 8.48. The van der Waals surface area contributed by atoms with Crippen LogP contribution in [-0.2, 0) is 16.1 Å². The number of anilines is 1. The van der Waals surface area contributed by atoms with Gasteiger partial charge < -0.3 is 14.9 Å². The summed E-state index contributed by atoms with van der Waals surface area (Å²) in [6, 6.07) is 0.501. The van der Waals surface area contributed by atoms with Crippen molar-refractivity contribution in [1.29, 1.82) is 0 Å². The quantitative estimate of drug-likeness (QED) is 0.848. The summed E-state index contributed by atoms with van der Waals surface area (Å²) in [5.74, 6) is 0. The lowest BCUT2D eigenvalue weighted by atomic mass is 9.74. The molecule has 0 atom stereocenters. The molecule has 2 aromatic heterocycles. The van der Waals surface area contributed by atoms with Gasteiger partial charge in [0.2, 0.25) is 0 Å². The summed E-state index contributed by atoms with van der Waals surface area (Å²) in [5.41, 5.74) is 3.93. The zero-order valence-corrected chi connectivity index (χ0v) is 16.8. The fourth-order valence-electron chi connectivity index (χ4n) is 4.91. The molecular weight excluding hydrogens is 354 g/mol. The molecule has 0 unspecified atom stereocenters. The highest BCUT2D eigenvalue weighted by Crippen LogP contribution is 2.45. The van der Waals surface area contributed by atoms with Crippen LogP contribution in [0.3, 0.4) is 0 Å². The van der Waals surface area contributed by atoms with Crippen molar-refractivity contribution < 1.29 is 9.57 Å². The smallest absolute Gasteiger partial charge is 0.159 e. The Labute approximate surface area is 165 Å². The van der Waals surface area contributed by atoms with Crippen molar-refractivity contribution in [1.82, 2.24) is 14.8 Å². The first-order chi connectivity index (χ1) is 13.7. The minimum Gasteiger partial charge on any atom is -0.388 e. The Morgan fingerprint density at radius 3 is 2.82 bits per heavy atom. The van der Waals surface area contributed by atoms with Crippen LogP contribution in [0.5, 0.6) is 0 Å². The molecule has 7 nitrogen and oxygen atoms in total. The van der Waals surface area contributed by atoms with Crippen molar-refractivity contribution in [2.24, 2.45) is 5.16 Å². The number of hydrogen-bond donors (Lipinski definition) is 1. The van der Waals surface area contributed by atoms with Crippen LogP contribution in [0, 0.1) is 0 Å². The van der Waals surface area contributed by atoms with E-state index in [0.29, 0.717) is 6.04 Å². The van der Waals surface area contributed by atoms with E-state index < -0.39 is 0 Å². The van der Waals surface area contributed by atoms with Gasteiger partial charge in [0.15, 0.2) is 5.65 Å². The van der Waals surface area contributed by atoms with Gasteiger partial charge in [0.05, 0.1) is 29.1 Å². The molecule has 2 aliphatic carbocycles. The van der Waals surface area contributed by atoms with Gasteiger partial charge in [-0.25, -0.2) is 9.67 Å². The second-order valence-electron chi connectivity index (χ2n) is 8.48. The highest BCUT2D eigenvalue weighted by Gasteiger charge is 2.51. The molecule has 3 aliphatic rings. The Bertz CT molecular complexity index is 894. The van der Waals surface area contributed by atoms with E-state index in [9.17, 15) is 0 Å². The summed E-state index contributed by atoms with van der Waals surface area (Å²) in [6.45, 7) is 2.90. The van der Waals surface area contributed by atoms with Crippen molar-refractivity contribution in [3.8, 4) is 0 Å². The minimum atomic E-state index is -0.180. The van der Waals surface area contributed by atoms with Gasteiger partial charge in [0.1, 0.15) is 5.60 Å². The number of ether oxygens (including phenoxy) is 1. The molecule has 1 aliphatic heterocycles. The number of nitrogens with zero attached hydrogens (tertiary/aromatic N) is 4. The Balaban J connectivity index is 1.48. The number of hydrogen-bond acceptors (Lipinski definition) is 6. The highest BCUT2D eigenvalue weighted by atomic mass is 16.7. The van der Waals surface area contributed by atoms with Crippen LogP contribution in [0.25, 0.3) is 11.0 Å². The first-order valence-corrected chi connectivity index (χ1v) is 10.6. The van der Waals surface area contributed by atoms with Crippen molar-refractivity contribution in [3.05, 3.63) is 18.0 Å². The van der Waals surface area contributed by atoms with E-state index in [0.717, 1.165) is 53.8 Å². The van der Waals surface area contributed by atoms with Crippen LogP contribution in [0.4, 0.5) is 5.69 Å². The fourth-order valence-corrected chi connectivity index (χ4v) is 4.91. The number of aryl methyl sites for hydroxylation is 1. The van der Waals surface area contributed by atoms with E-state index in [2.05, 4.69) is 22.5 Å². The summed E-state index contributed by atoms with van der Waals surface area (Å²) in [6.07, 6.45) is 13.2. The maximum absolute atomic E-state index is 5.89. The van der Waals surface area contributed by atoms with Crippen molar-refractivity contribution >= 4 is 22.4 Å². The molecule has 0 bridgehead atoms. The molecular formula is C21H29N5O2. The molecule has 0 radical (unpaired) electrons. The summed E-state index contributed by atoms with van der Waals surface area (Å²) >= 11 is 0. The van der Waals surface area contributed by atoms with Gasteiger partial charge in [-0.15, -0.1) is 0 Å². The first kappa shape index (κ1) is 17.9. The molecule has 0 amide bonds. The Hall–Kier alpha value is -2.15. The van der Waals surface area contributed by atoms with Crippen molar-refractivity contribution in [2.75, 3.05) is 12.4 Å². The van der Waals surface area contributed by atoms with Gasteiger partial charge in [-0.3, -0.25) is 0 Å². The predicted molar refractivity (Wildman–Crippen MR) is 109 cm³/mol. The first-order valence-electron chi connectivity index (χ1n) is 10.6. The number of methoxy groups -OCH3 is 1. The molecule has 1 spiro atoms. The minimum absolute atomic E-state index is 0.180. The summed E-state index contributed by atoms with van der Waals surface area (Å²) in [7, 11) is 1.77. The zero-order chi connectivity index (χ0) is 19.1. The summed E-state index contributed by atoms with van der Waals surface area (Å²) < 4.78 is 7.40. The standard InChI is InChI=1S/C21H29N5O2/c1-3-26-20-17(13-23-26)19(24-14-7-5-4-6-8-14)16(12-22-20)18-11-21(28-25-18)9-15(10-21)27-2/h12-15H,3-11H2,1-2H3,(H,22,24). The van der Waals surface area contributed by atoms with E-state index in [1.807, 2.05) is 17.1 Å². The molecule has 0 saturated heterocycles. The normalized spacial score (nSPS) is 27.6. The topological polar surface area (TPSA) is 73.6 Å². The molecule has 1 N–H and O–H groups in total. The lowest BCUT2D eigenvalue weighted by Crippen LogP contribution is -2.48. The second kappa shape index (κ2) is 7.03. The molecule has 7 heteroatoms. The number of aromatic nitrogens is 3. The molecule has 2 fully saturated rings. The van der Waals surface area contributed by atoms with E-state index >= 15 is 0 Å². The van der Waals surface area contributed by atoms with E-state index in [1.54, 1.807) is 7.11 Å². The van der Waals surface area contributed by atoms with Crippen LogP contribution >= 0.6 is 0 Å². The zero-order valence-electron chi connectivity index (χ0n) is 16.8. The molecule has 2 aromatic rings. The lowest BCUT2D eigenvalue weighted by Gasteiger charge is -2.41. The molecule has 2 saturated carbocycles. The molecule has 5 rings (SSSR count). The maximum atomic E-state index is 5.89. The number of nitrogens with one attached hydrogen (secondary N) is 1. The SMILES string of the molecule is CCn1ncc2c(NC3CCCCC3)c(C3=NOC4(C3)CC(OC)C4)cnc21. The number of pyridine rings is 1. The van der Waals surface area contributed by atoms with Crippen LogP contribution in [0.1, 0.15) is 63.9 Å². The highest BCUT2D eigenvalue weighted by molar-refractivity contribution is 6.10. The van der Waals surface area contributed by atoms with Crippen LogP contribution in [0.2, 0.25) is 0 Å². The Kier molecular flexibility index (Phi) is 4.50. The molecule has 3 heterocycles. The average molecular weight is 383 g/mol. The third-order valence-corrected chi connectivity index (χ3v) is 6.60. The molecule has 0 aromatic carbocycles. The van der Waals surface area contributed by atoms with Crippen LogP contribution in [-0.4, -0.2) is 45.3 Å². The lowest BCUT2D eigenvalue weighted by molar-refractivity contribution is -0.148. The number of fused-ring (bicyclic) bond motifs is 1. The van der Waals surface area contributed by atoms with Gasteiger partial charge in [-0.2, -0.15) is 5.10 Å². The van der Waals surface area contributed by atoms with E-state index in [1.165, 1.54) is 32.1 Å². The third-order valence-electron chi connectivity index (χ3n) is 6.60. The number of rotatable bonds is 5. The maximum Gasteiger partial charge on any atom is 0.159 e. The van der Waals surface area contributed by atoms with Crippen molar-refractivity contribution in [3.63, 3.8) is 0 Å². The van der Waals surface area contributed by atoms with Crippen molar-refractivity contribution in [2.45, 2.75) is 82.6 Å².